The highest BCUT2D eigenvalue weighted by molar-refractivity contribution is 5.33. The number of hydrogen-bond acceptors (Lipinski definition) is 2. The third kappa shape index (κ3) is 3.92. The van der Waals surface area contributed by atoms with Crippen molar-refractivity contribution in [3.63, 3.8) is 0 Å². The molecule has 2 N–H and O–H groups in total. The van der Waals surface area contributed by atoms with Gasteiger partial charge in [0.2, 0.25) is 0 Å². The van der Waals surface area contributed by atoms with Gasteiger partial charge in [-0.25, -0.2) is 0 Å². The predicted octanol–water partition coefficient (Wildman–Crippen LogP) is 3.00. The quantitative estimate of drug-likeness (QED) is 0.845. The van der Waals surface area contributed by atoms with Gasteiger partial charge in [-0.05, 0) is 42.5 Å². The Labute approximate surface area is 121 Å². The molecule has 0 unspecified atom stereocenters. The minimum absolute atomic E-state index is 0.0947. The molecule has 2 aromatic carbocycles. The lowest BCUT2D eigenvalue weighted by Crippen LogP contribution is -2.34. The van der Waals surface area contributed by atoms with Crippen molar-refractivity contribution in [1.82, 2.24) is 5.32 Å². The molecule has 20 heavy (non-hydrogen) atoms. The number of aliphatic hydroxyl groups excluding tert-OH is 1. The second-order valence-corrected chi connectivity index (χ2v) is 5.31. The fourth-order valence-corrected chi connectivity index (χ4v) is 2.36. The SMILES string of the molecule is Cc1cccc(CN[C@@H](CO)Cc2ccccc2)c1C. The van der Waals surface area contributed by atoms with Crippen molar-refractivity contribution in [3.05, 3.63) is 70.8 Å². The minimum Gasteiger partial charge on any atom is -0.395 e. The molecule has 0 aromatic heterocycles. The number of benzene rings is 2. The summed E-state index contributed by atoms with van der Waals surface area (Å²) in [5.74, 6) is 0. The summed E-state index contributed by atoms with van der Waals surface area (Å²) in [6.45, 7) is 5.23. The molecule has 2 aromatic rings. The van der Waals surface area contributed by atoms with Gasteiger partial charge in [-0.3, -0.25) is 0 Å². The lowest BCUT2D eigenvalue weighted by molar-refractivity contribution is 0.240. The average molecular weight is 269 g/mol. The van der Waals surface area contributed by atoms with E-state index in [1.165, 1.54) is 22.3 Å². The molecule has 0 heterocycles. The van der Waals surface area contributed by atoms with Gasteiger partial charge < -0.3 is 10.4 Å². The summed E-state index contributed by atoms with van der Waals surface area (Å²) in [6, 6.07) is 16.7. The molecule has 2 rings (SSSR count). The van der Waals surface area contributed by atoms with Crippen LogP contribution in [-0.2, 0) is 13.0 Å². The summed E-state index contributed by atoms with van der Waals surface area (Å²) in [5, 5.41) is 13.0. The van der Waals surface area contributed by atoms with Crippen LogP contribution in [0.1, 0.15) is 22.3 Å². The first-order valence-corrected chi connectivity index (χ1v) is 7.14. The van der Waals surface area contributed by atoms with E-state index in [9.17, 15) is 5.11 Å². The van der Waals surface area contributed by atoms with Crippen LogP contribution < -0.4 is 5.32 Å². The Kier molecular flexibility index (Phi) is 5.33. The molecule has 0 aliphatic rings. The van der Waals surface area contributed by atoms with E-state index >= 15 is 0 Å². The van der Waals surface area contributed by atoms with Gasteiger partial charge in [-0.15, -0.1) is 0 Å². The van der Waals surface area contributed by atoms with Gasteiger partial charge in [0.15, 0.2) is 0 Å². The molecule has 0 saturated heterocycles. The number of aryl methyl sites for hydroxylation is 1. The molecule has 0 amide bonds. The van der Waals surface area contributed by atoms with E-state index in [4.69, 9.17) is 0 Å². The Balaban J connectivity index is 1.95. The lowest BCUT2D eigenvalue weighted by atomic mass is 10.0. The van der Waals surface area contributed by atoms with E-state index in [0.29, 0.717) is 0 Å². The fourth-order valence-electron chi connectivity index (χ4n) is 2.36. The highest BCUT2D eigenvalue weighted by Crippen LogP contribution is 2.13. The molecular weight excluding hydrogens is 246 g/mol. The zero-order chi connectivity index (χ0) is 14.4. The van der Waals surface area contributed by atoms with Crippen molar-refractivity contribution in [3.8, 4) is 0 Å². The lowest BCUT2D eigenvalue weighted by Gasteiger charge is -2.18. The van der Waals surface area contributed by atoms with Crippen LogP contribution in [0.15, 0.2) is 48.5 Å². The second-order valence-electron chi connectivity index (χ2n) is 5.31. The third-order valence-electron chi connectivity index (χ3n) is 3.84. The predicted molar refractivity (Wildman–Crippen MR) is 83.8 cm³/mol. The number of nitrogens with one attached hydrogen (secondary N) is 1. The van der Waals surface area contributed by atoms with Crippen LogP contribution in [0.4, 0.5) is 0 Å². The van der Waals surface area contributed by atoms with Gasteiger partial charge >= 0.3 is 0 Å². The summed E-state index contributed by atoms with van der Waals surface area (Å²) in [7, 11) is 0. The number of rotatable bonds is 6. The van der Waals surface area contributed by atoms with Crippen LogP contribution in [0.25, 0.3) is 0 Å². The molecule has 2 heteroatoms. The van der Waals surface area contributed by atoms with Crippen molar-refractivity contribution in [1.29, 1.82) is 0 Å². The average Bonchev–Trinajstić information content (AvgIpc) is 2.48. The van der Waals surface area contributed by atoms with Crippen molar-refractivity contribution in [2.24, 2.45) is 0 Å². The first-order chi connectivity index (χ1) is 9.70. The smallest absolute Gasteiger partial charge is 0.0587 e. The summed E-state index contributed by atoms with van der Waals surface area (Å²) < 4.78 is 0. The molecule has 0 radical (unpaired) electrons. The maximum atomic E-state index is 9.53. The highest BCUT2D eigenvalue weighted by atomic mass is 16.3. The summed E-state index contributed by atoms with van der Waals surface area (Å²) >= 11 is 0. The van der Waals surface area contributed by atoms with Crippen LogP contribution in [0.3, 0.4) is 0 Å². The molecule has 0 aliphatic carbocycles. The molecule has 0 fully saturated rings. The van der Waals surface area contributed by atoms with Crippen molar-refractivity contribution in [2.45, 2.75) is 32.9 Å². The second kappa shape index (κ2) is 7.22. The molecule has 0 saturated carbocycles. The monoisotopic (exact) mass is 269 g/mol. The Hall–Kier alpha value is -1.64. The van der Waals surface area contributed by atoms with Crippen molar-refractivity contribution >= 4 is 0 Å². The zero-order valence-corrected chi connectivity index (χ0v) is 12.3. The van der Waals surface area contributed by atoms with Crippen LogP contribution >= 0.6 is 0 Å². The largest absolute Gasteiger partial charge is 0.395 e. The van der Waals surface area contributed by atoms with E-state index < -0.39 is 0 Å². The Bertz CT molecular complexity index is 536. The Morgan fingerprint density at radius 3 is 2.45 bits per heavy atom. The van der Waals surface area contributed by atoms with Crippen LogP contribution in [0.5, 0.6) is 0 Å². The van der Waals surface area contributed by atoms with E-state index in [1.54, 1.807) is 0 Å². The first kappa shape index (κ1) is 14.8. The van der Waals surface area contributed by atoms with Gasteiger partial charge in [0, 0.05) is 12.6 Å². The maximum Gasteiger partial charge on any atom is 0.0587 e. The molecule has 0 spiro atoms. The Morgan fingerprint density at radius 1 is 1.00 bits per heavy atom. The minimum atomic E-state index is 0.0947. The van der Waals surface area contributed by atoms with Gasteiger partial charge in [0.25, 0.3) is 0 Å². The van der Waals surface area contributed by atoms with Gasteiger partial charge in [0.05, 0.1) is 6.61 Å². The summed E-state index contributed by atoms with van der Waals surface area (Å²) in [6.07, 6.45) is 0.849. The third-order valence-corrected chi connectivity index (χ3v) is 3.84. The standard InChI is InChI=1S/C18H23NO/c1-14-7-6-10-17(15(14)2)12-19-18(13-20)11-16-8-4-3-5-9-16/h3-10,18-20H,11-13H2,1-2H3/t18-/m1/s1. The molecule has 0 aliphatic heterocycles. The molecular formula is C18H23NO. The molecule has 1 atom stereocenters. The van der Waals surface area contributed by atoms with E-state index in [0.717, 1.165) is 13.0 Å². The molecule has 0 bridgehead atoms. The topological polar surface area (TPSA) is 32.3 Å². The number of hydrogen-bond donors (Lipinski definition) is 2. The van der Waals surface area contributed by atoms with E-state index in [-0.39, 0.29) is 12.6 Å². The van der Waals surface area contributed by atoms with Crippen LogP contribution in [0.2, 0.25) is 0 Å². The Morgan fingerprint density at radius 2 is 1.75 bits per heavy atom. The highest BCUT2D eigenvalue weighted by Gasteiger charge is 2.09. The van der Waals surface area contributed by atoms with Crippen molar-refractivity contribution in [2.75, 3.05) is 6.61 Å². The maximum absolute atomic E-state index is 9.53. The summed E-state index contributed by atoms with van der Waals surface area (Å²) in [5.41, 5.74) is 5.20. The van der Waals surface area contributed by atoms with E-state index in [2.05, 4.69) is 49.5 Å². The summed E-state index contributed by atoms with van der Waals surface area (Å²) in [4.78, 5) is 0. The van der Waals surface area contributed by atoms with Crippen LogP contribution in [-0.4, -0.2) is 17.8 Å². The zero-order valence-electron chi connectivity index (χ0n) is 12.3. The van der Waals surface area contributed by atoms with Crippen molar-refractivity contribution < 1.29 is 5.11 Å². The normalized spacial score (nSPS) is 12.3. The van der Waals surface area contributed by atoms with Crippen LogP contribution in [0, 0.1) is 13.8 Å². The molecule has 2 nitrogen and oxygen atoms in total. The fraction of sp³-hybridized carbons (Fsp3) is 0.333. The first-order valence-electron chi connectivity index (χ1n) is 7.14. The van der Waals surface area contributed by atoms with Gasteiger partial charge in [0.1, 0.15) is 0 Å². The van der Waals surface area contributed by atoms with Gasteiger partial charge in [-0.1, -0.05) is 48.5 Å². The number of aliphatic hydroxyl groups is 1. The molecule has 106 valence electrons. The van der Waals surface area contributed by atoms with E-state index in [1.807, 2.05) is 18.2 Å². The van der Waals surface area contributed by atoms with Gasteiger partial charge in [-0.2, -0.15) is 0 Å².